The quantitative estimate of drug-likeness (QED) is 0.821. The lowest BCUT2D eigenvalue weighted by Gasteiger charge is -2.30. The number of rotatable bonds is 1. The van der Waals surface area contributed by atoms with E-state index >= 15 is 0 Å². The fraction of sp³-hybridized carbons (Fsp3) is 0.188. The largest absolute Gasteiger partial charge is 0.326 e. The Bertz CT molecular complexity index is 649. The van der Waals surface area contributed by atoms with Crippen molar-refractivity contribution in [3.8, 4) is 0 Å². The molecule has 1 aliphatic heterocycles. The molecule has 0 aromatic heterocycles. The minimum Gasteiger partial charge on any atom is -0.307 e. The molecule has 3 nitrogen and oxygen atoms in total. The number of carbonyl (C=O) groups excluding carboxylic acids is 1. The van der Waals surface area contributed by atoms with Crippen LogP contribution in [0.15, 0.2) is 42.5 Å². The van der Waals surface area contributed by atoms with Gasteiger partial charge in [0.25, 0.3) is 0 Å². The van der Waals surface area contributed by atoms with Gasteiger partial charge in [0.2, 0.25) is 0 Å². The zero-order valence-electron chi connectivity index (χ0n) is 11.1. The first-order valence-electron chi connectivity index (χ1n) is 6.39. The molecule has 0 aliphatic carbocycles. The molecule has 0 bridgehead atoms. The Balaban J connectivity index is 2.01. The molecule has 19 heavy (non-hydrogen) atoms. The zero-order chi connectivity index (χ0) is 13.4. The van der Waals surface area contributed by atoms with Gasteiger partial charge in [0.1, 0.15) is 0 Å². The van der Waals surface area contributed by atoms with Gasteiger partial charge in [-0.05, 0) is 37.1 Å². The van der Waals surface area contributed by atoms with Gasteiger partial charge in [0.05, 0.1) is 6.54 Å². The molecule has 0 unspecified atom stereocenters. The molecular formula is C16H16N2O. The van der Waals surface area contributed by atoms with Crippen LogP contribution in [0.2, 0.25) is 0 Å². The number of urea groups is 1. The number of benzene rings is 2. The van der Waals surface area contributed by atoms with Crippen molar-refractivity contribution in [2.24, 2.45) is 0 Å². The van der Waals surface area contributed by atoms with Gasteiger partial charge in [-0.2, -0.15) is 0 Å². The van der Waals surface area contributed by atoms with Gasteiger partial charge in [0.15, 0.2) is 0 Å². The number of amides is 2. The molecule has 2 amide bonds. The number of nitrogens with one attached hydrogen (secondary N) is 1. The maximum Gasteiger partial charge on any atom is 0.326 e. The van der Waals surface area contributed by atoms with Crippen LogP contribution in [0.25, 0.3) is 0 Å². The van der Waals surface area contributed by atoms with E-state index in [1.54, 1.807) is 4.90 Å². The van der Waals surface area contributed by atoms with Crippen LogP contribution in [0.4, 0.5) is 16.2 Å². The second-order valence-corrected chi connectivity index (χ2v) is 4.96. The number of carbonyl (C=O) groups is 1. The lowest BCUT2D eigenvalue weighted by molar-refractivity contribution is 0.256. The second-order valence-electron chi connectivity index (χ2n) is 4.96. The van der Waals surface area contributed by atoms with Gasteiger partial charge in [0, 0.05) is 11.4 Å². The maximum atomic E-state index is 12.2. The third kappa shape index (κ3) is 2.08. The van der Waals surface area contributed by atoms with Gasteiger partial charge in [-0.25, -0.2) is 4.79 Å². The number of anilines is 2. The summed E-state index contributed by atoms with van der Waals surface area (Å²) in [6.45, 7) is 4.71. The van der Waals surface area contributed by atoms with E-state index in [2.05, 4.69) is 18.3 Å². The first-order chi connectivity index (χ1) is 9.15. The smallest absolute Gasteiger partial charge is 0.307 e. The monoisotopic (exact) mass is 252 g/mol. The predicted octanol–water partition coefficient (Wildman–Crippen LogP) is 3.86. The number of hydrogen-bond acceptors (Lipinski definition) is 1. The van der Waals surface area contributed by atoms with Gasteiger partial charge < -0.3 is 5.32 Å². The average molecular weight is 252 g/mol. The number of hydrogen-bond donors (Lipinski definition) is 1. The molecule has 0 atom stereocenters. The van der Waals surface area contributed by atoms with Crippen molar-refractivity contribution >= 4 is 17.4 Å². The first kappa shape index (κ1) is 11.8. The van der Waals surface area contributed by atoms with Crippen LogP contribution in [0.3, 0.4) is 0 Å². The Morgan fingerprint density at radius 3 is 2.68 bits per heavy atom. The highest BCUT2D eigenvalue weighted by Gasteiger charge is 2.24. The zero-order valence-corrected chi connectivity index (χ0v) is 11.1. The van der Waals surface area contributed by atoms with Crippen LogP contribution in [0, 0.1) is 13.8 Å². The van der Waals surface area contributed by atoms with Crippen LogP contribution < -0.4 is 10.2 Å². The van der Waals surface area contributed by atoms with Crippen LogP contribution in [0.1, 0.15) is 16.7 Å². The molecule has 0 fully saturated rings. The lowest BCUT2D eigenvalue weighted by atomic mass is 10.1. The number of para-hydroxylation sites is 1. The summed E-state index contributed by atoms with van der Waals surface area (Å²) >= 11 is 0. The molecule has 96 valence electrons. The fourth-order valence-corrected chi connectivity index (χ4v) is 2.51. The van der Waals surface area contributed by atoms with Crippen LogP contribution >= 0.6 is 0 Å². The second kappa shape index (κ2) is 4.43. The Hall–Kier alpha value is -2.29. The van der Waals surface area contributed by atoms with Crippen molar-refractivity contribution in [1.29, 1.82) is 0 Å². The molecule has 0 saturated heterocycles. The van der Waals surface area contributed by atoms with Gasteiger partial charge >= 0.3 is 6.03 Å². The van der Waals surface area contributed by atoms with Gasteiger partial charge in [-0.3, -0.25) is 4.90 Å². The van der Waals surface area contributed by atoms with E-state index in [9.17, 15) is 4.79 Å². The van der Waals surface area contributed by atoms with Crippen LogP contribution in [-0.2, 0) is 6.54 Å². The number of aryl methyl sites for hydroxylation is 2. The number of nitrogens with zero attached hydrogens (tertiary/aromatic N) is 1. The fourth-order valence-electron chi connectivity index (χ4n) is 2.51. The van der Waals surface area contributed by atoms with Crippen molar-refractivity contribution in [3.05, 3.63) is 59.2 Å². The van der Waals surface area contributed by atoms with Crippen molar-refractivity contribution in [1.82, 2.24) is 0 Å². The Labute approximate surface area is 112 Å². The van der Waals surface area contributed by atoms with Crippen LogP contribution in [-0.4, -0.2) is 6.03 Å². The van der Waals surface area contributed by atoms with E-state index < -0.39 is 0 Å². The summed E-state index contributed by atoms with van der Waals surface area (Å²) in [4.78, 5) is 14.0. The number of fused-ring (bicyclic) bond motifs is 1. The summed E-state index contributed by atoms with van der Waals surface area (Å²) in [6.07, 6.45) is 0. The summed E-state index contributed by atoms with van der Waals surface area (Å²) < 4.78 is 0. The topological polar surface area (TPSA) is 32.3 Å². The average Bonchev–Trinajstić information content (AvgIpc) is 2.38. The van der Waals surface area contributed by atoms with Crippen LogP contribution in [0.5, 0.6) is 0 Å². The highest BCUT2D eigenvalue weighted by Crippen LogP contribution is 2.29. The molecule has 3 heteroatoms. The Kier molecular flexibility index (Phi) is 2.75. The molecule has 1 N–H and O–H groups in total. The van der Waals surface area contributed by atoms with E-state index in [0.29, 0.717) is 6.54 Å². The predicted molar refractivity (Wildman–Crippen MR) is 77.6 cm³/mol. The third-order valence-corrected chi connectivity index (χ3v) is 3.48. The minimum absolute atomic E-state index is 0.0642. The summed E-state index contributed by atoms with van der Waals surface area (Å²) in [5, 5.41) is 2.94. The van der Waals surface area contributed by atoms with Gasteiger partial charge in [-0.1, -0.05) is 35.9 Å². The maximum absolute atomic E-state index is 12.2. The minimum atomic E-state index is -0.0642. The summed E-state index contributed by atoms with van der Waals surface area (Å²) in [5.41, 5.74) is 5.35. The van der Waals surface area contributed by atoms with Gasteiger partial charge in [-0.15, -0.1) is 0 Å². The van der Waals surface area contributed by atoms with E-state index in [4.69, 9.17) is 0 Å². The molecule has 1 heterocycles. The molecule has 2 aromatic rings. The molecule has 3 rings (SSSR count). The molecule has 0 saturated carbocycles. The molecular weight excluding hydrogens is 236 g/mol. The lowest BCUT2D eigenvalue weighted by Crippen LogP contribution is -2.39. The Morgan fingerprint density at radius 2 is 1.89 bits per heavy atom. The third-order valence-electron chi connectivity index (χ3n) is 3.48. The molecule has 0 spiro atoms. The highest BCUT2D eigenvalue weighted by molar-refractivity contribution is 6.04. The molecule has 1 aliphatic rings. The highest BCUT2D eigenvalue weighted by atomic mass is 16.2. The van der Waals surface area contributed by atoms with E-state index in [0.717, 1.165) is 22.5 Å². The van der Waals surface area contributed by atoms with E-state index in [1.807, 2.05) is 43.3 Å². The molecule has 0 radical (unpaired) electrons. The van der Waals surface area contributed by atoms with E-state index in [1.165, 1.54) is 5.56 Å². The van der Waals surface area contributed by atoms with E-state index in [-0.39, 0.29) is 6.03 Å². The SMILES string of the molecule is Cc1ccc(N2Cc3ccccc3NC2=O)c(C)c1. The molecule has 2 aromatic carbocycles. The Morgan fingerprint density at radius 1 is 1.11 bits per heavy atom. The first-order valence-corrected chi connectivity index (χ1v) is 6.39. The van der Waals surface area contributed by atoms with Crippen molar-refractivity contribution in [2.45, 2.75) is 20.4 Å². The van der Waals surface area contributed by atoms with Crippen molar-refractivity contribution in [2.75, 3.05) is 10.2 Å². The van der Waals surface area contributed by atoms with Crippen molar-refractivity contribution in [3.63, 3.8) is 0 Å². The summed E-state index contributed by atoms with van der Waals surface area (Å²) in [5.74, 6) is 0. The standard InChI is InChI=1S/C16H16N2O/c1-11-7-8-15(12(2)9-11)18-10-13-5-3-4-6-14(13)17-16(18)19/h3-9H,10H2,1-2H3,(H,17,19). The summed E-state index contributed by atoms with van der Waals surface area (Å²) in [6, 6.07) is 14.0. The summed E-state index contributed by atoms with van der Waals surface area (Å²) in [7, 11) is 0. The van der Waals surface area contributed by atoms with Crippen molar-refractivity contribution < 1.29 is 4.79 Å². The normalized spacial score (nSPS) is 14.0.